The van der Waals surface area contributed by atoms with Crippen molar-refractivity contribution >= 4 is 11.9 Å². The Balaban J connectivity index is 1.96. The largest absolute Gasteiger partial charge is 0.497 e. The third-order valence-corrected chi connectivity index (χ3v) is 3.94. The van der Waals surface area contributed by atoms with Crippen LogP contribution >= 0.6 is 0 Å². The molecule has 0 N–H and O–H groups in total. The van der Waals surface area contributed by atoms with Crippen LogP contribution < -0.4 is 4.74 Å². The topological polar surface area (TPSA) is 26.3 Å². The van der Waals surface area contributed by atoms with Crippen molar-refractivity contribution in [3.63, 3.8) is 0 Å². The third-order valence-electron chi connectivity index (χ3n) is 3.94. The van der Waals surface area contributed by atoms with E-state index in [1.54, 1.807) is 7.11 Å². The highest BCUT2D eigenvalue weighted by atomic mass is 16.5. The summed E-state index contributed by atoms with van der Waals surface area (Å²) in [6.45, 7) is 2.06. The number of ketones is 1. The molecule has 2 aromatic rings. The second-order valence-corrected chi connectivity index (χ2v) is 5.43. The van der Waals surface area contributed by atoms with Gasteiger partial charge in [0.1, 0.15) is 5.75 Å². The normalized spacial score (nSPS) is 15.9. The molecule has 21 heavy (non-hydrogen) atoms. The van der Waals surface area contributed by atoms with E-state index in [-0.39, 0.29) is 5.78 Å². The van der Waals surface area contributed by atoms with E-state index in [1.165, 1.54) is 5.56 Å². The zero-order chi connectivity index (χ0) is 14.8. The fourth-order valence-electron chi connectivity index (χ4n) is 2.67. The van der Waals surface area contributed by atoms with Crippen molar-refractivity contribution < 1.29 is 9.53 Å². The van der Waals surface area contributed by atoms with Crippen LogP contribution in [0.4, 0.5) is 0 Å². The summed E-state index contributed by atoms with van der Waals surface area (Å²) in [7, 11) is 1.62. The van der Waals surface area contributed by atoms with Gasteiger partial charge in [-0.2, -0.15) is 0 Å². The molecule has 2 nitrogen and oxygen atoms in total. The molecule has 0 saturated carbocycles. The number of hydrogen-bond acceptors (Lipinski definition) is 2. The van der Waals surface area contributed by atoms with Crippen LogP contribution in [0.3, 0.4) is 0 Å². The van der Waals surface area contributed by atoms with Crippen LogP contribution in [0, 0.1) is 6.92 Å². The SMILES string of the molecule is COc1ccc2c(c1)C(=O)/C(=C/c1ccc(C)cc1)CC2. The molecule has 0 unspecified atom stereocenters. The zero-order valence-corrected chi connectivity index (χ0v) is 12.3. The van der Waals surface area contributed by atoms with Crippen LogP contribution in [0.2, 0.25) is 0 Å². The number of Topliss-reactive ketones (excluding diaryl/α,β-unsaturated/α-hetero) is 1. The van der Waals surface area contributed by atoms with E-state index in [4.69, 9.17) is 4.74 Å². The number of methoxy groups -OCH3 is 1. The standard InChI is InChI=1S/C19H18O2/c1-13-3-5-14(6-4-13)11-16-8-7-15-9-10-17(21-2)12-18(15)19(16)20/h3-6,9-12H,7-8H2,1-2H3/b16-11+. The minimum absolute atomic E-state index is 0.121. The van der Waals surface area contributed by atoms with Gasteiger partial charge in [0.25, 0.3) is 0 Å². The summed E-state index contributed by atoms with van der Waals surface area (Å²) >= 11 is 0. The number of rotatable bonds is 2. The number of carbonyl (C=O) groups excluding carboxylic acids is 1. The molecule has 2 heteroatoms. The Labute approximate surface area is 125 Å². The molecule has 1 aliphatic carbocycles. The minimum Gasteiger partial charge on any atom is -0.497 e. The Morgan fingerprint density at radius 2 is 1.81 bits per heavy atom. The summed E-state index contributed by atoms with van der Waals surface area (Å²) in [6.07, 6.45) is 3.71. The van der Waals surface area contributed by atoms with Crippen LogP contribution in [-0.2, 0) is 6.42 Å². The first-order valence-corrected chi connectivity index (χ1v) is 7.16. The van der Waals surface area contributed by atoms with Crippen molar-refractivity contribution in [3.8, 4) is 5.75 Å². The lowest BCUT2D eigenvalue weighted by Crippen LogP contribution is -2.14. The molecule has 3 rings (SSSR count). The van der Waals surface area contributed by atoms with Gasteiger partial charge in [0.2, 0.25) is 0 Å². The first kappa shape index (κ1) is 13.6. The monoisotopic (exact) mass is 278 g/mol. The number of aryl methyl sites for hydroxylation is 2. The number of benzene rings is 2. The molecular formula is C19H18O2. The molecule has 0 aliphatic heterocycles. The molecule has 0 heterocycles. The van der Waals surface area contributed by atoms with Gasteiger partial charge >= 0.3 is 0 Å². The maximum atomic E-state index is 12.6. The van der Waals surface area contributed by atoms with Gasteiger partial charge < -0.3 is 4.74 Å². The van der Waals surface area contributed by atoms with Crippen molar-refractivity contribution in [3.05, 3.63) is 70.3 Å². The molecule has 1 aliphatic rings. The first-order valence-electron chi connectivity index (χ1n) is 7.16. The number of carbonyl (C=O) groups is 1. The van der Waals surface area contributed by atoms with Crippen molar-refractivity contribution in [1.82, 2.24) is 0 Å². The summed E-state index contributed by atoms with van der Waals surface area (Å²) in [6, 6.07) is 14.0. The van der Waals surface area contributed by atoms with Crippen LogP contribution in [0.25, 0.3) is 6.08 Å². The van der Waals surface area contributed by atoms with E-state index in [2.05, 4.69) is 31.2 Å². The third kappa shape index (κ3) is 2.75. The number of ether oxygens (including phenoxy) is 1. The lowest BCUT2D eigenvalue weighted by molar-refractivity contribution is 0.102. The molecular weight excluding hydrogens is 260 g/mol. The molecule has 0 radical (unpaired) electrons. The summed E-state index contributed by atoms with van der Waals surface area (Å²) < 4.78 is 5.22. The minimum atomic E-state index is 0.121. The van der Waals surface area contributed by atoms with Gasteiger partial charge in [0.15, 0.2) is 5.78 Å². The highest BCUT2D eigenvalue weighted by Gasteiger charge is 2.22. The second-order valence-electron chi connectivity index (χ2n) is 5.43. The molecule has 106 valence electrons. The summed E-state index contributed by atoms with van der Waals surface area (Å²) in [4.78, 5) is 12.6. The van der Waals surface area contributed by atoms with Crippen LogP contribution in [0.15, 0.2) is 48.0 Å². The molecule has 0 saturated heterocycles. The van der Waals surface area contributed by atoms with Gasteiger partial charge in [0, 0.05) is 11.1 Å². The average molecular weight is 278 g/mol. The lowest BCUT2D eigenvalue weighted by atomic mass is 9.86. The van der Waals surface area contributed by atoms with E-state index in [0.29, 0.717) is 0 Å². The number of allylic oxidation sites excluding steroid dienone is 1. The molecule has 2 aromatic carbocycles. The molecule has 0 atom stereocenters. The van der Waals surface area contributed by atoms with Crippen LogP contribution in [0.5, 0.6) is 5.75 Å². The first-order chi connectivity index (χ1) is 10.2. The smallest absolute Gasteiger partial charge is 0.189 e. The zero-order valence-electron chi connectivity index (χ0n) is 12.3. The predicted octanol–water partition coefficient (Wildman–Crippen LogP) is 4.22. The van der Waals surface area contributed by atoms with Crippen LogP contribution in [0.1, 0.15) is 33.5 Å². The summed E-state index contributed by atoms with van der Waals surface area (Å²) in [5.41, 5.74) is 5.07. The van der Waals surface area contributed by atoms with Crippen molar-refractivity contribution in [2.45, 2.75) is 19.8 Å². The number of hydrogen-bond donors (Lipinski definition) is 0. The van der Waals surface area contributed by atoms with Gasteiger partial charge in [-0.25, -0.2) is 0 Å². The maximum Gasteiger partial charge on any atom is 0.189 e. The van der Waals surface area contributed by atoms with E-state index >= 15 is 0 Å². The summed E-state index contributed by atoms with van der Waals surface area (Å²) in [5.74, 6) is 0.856. The molecule has 0 aromatic heterocycles. The predicted molar refractivity (Wildman–Crippen MR) is 84.8 cm³/mol. The van der Waals surface area contributed by atoms with E-state index in [1.807, 2.05) is 24.3 Å². The molecule has 0 fully saturated rings. The van der Waals surface area contributed by atoms with Crippen molar-refractivity contribution in [2.75, 3.05) is 7.11 Å². The van der Waals surface area contributed by atoms with Gasteiger partial charge in [-0.1, -0.05) is 35.9 Å². The Morgan fingerprint density at radius 3 is 2.52 bits per heavy atom. The fraction of sp³-hybridized carbons (Fsp3) is 0.211. The maximum absolute atomic E-state index is 12.6. The molecule has 0 amide bonds. The Kier molecular flexibility index (Phi) is 3.61. The van der Waals surface area contributed by atoms with E-state index < -0.39 is 0 Å². The average Bonchev–Trinajstić information content (AvgIpc) is 2.52. The van der Waals surface area contributed by atoms with Gasteiger partial charge in [-0.05, 0) is 49.1 Å². The molecule has 0 bridgehead atoms. The second kappa shape index (κ2) is 5.57. The molecule has 0 spiro atoms. The van der Waals surface area contributed by atoms with Crippen molar-refractivity contribution in [2.24, 2.45) is 0 Å². The lowest BCUT2D eigenvalue weighted by Gasteiger charge is -2.18. The Hall–Kier alpha value is -2.35. The Bertz CT molecular complexity index is 709. The van der Waals surface area contributed by atoms with Crippen molar-refractivity contribution in [1.29, 1.82) is 0 Å². The van der Waals surface area contributed by atoms with Gasteiger partial charge in [0.05, 0.1) is 7.11 Å². The highest BCUT2D eigenvalue weighted by molar-refractivity contribution is 6.13. The van der Waals surface area contributed by atoms with E-state index in [0.717, 1.165) is 40.9 Å². The van der Waals surface area contributed by atoms with Gasteiger partial charge in [-0.15, -0.1) is 0 Å². The number of fused-ring (bicyclic) bond motifs is 1. The van der Waals surface area contributed by atoms with E-state index in [9.17, 15) is 4.79 Å². The highest BCUT2D eigenvalue weighted by Crippen LogP contribution is 2.29. The quantitative estimate of drug-likeness (QED) is 0.769. The van der Waals surface area contributed by atoms with Crippen LogP contribution in [-0.4, -0.2) is 12.9 Å². The Morgan fingerprint density at radius 1 is 1.05 bits per heavy atom. The fourth-order valence-corrected chi connectivity index (χ4v) is 2.67. The summed E-state index contributed by atoms with van der Waals surface area (Å²) in [5, 5.41) is 0. The van der Waals surface area contributed by atoms with Gasteiger partial charge in [-0.3, -0.25) is 4.79 Å².